The molecule has 30 heteroatoms. The molecule has 2 heterocycles. The Morgan fingerprint density at radius 1 is 0.545 bits per heavy atom. The Bertz CT molecular complexity index is 3500. The zero-order valence-corrected chi connectivity index (χ0v) is 37.8. The van der Waals surface area contributed by atoms with Gasteiger partial charge in [0.2, 0.25) is 11.8 Å². The van der Waals surface area contributed by atoms with E-state index in [2.05, 4.69) is 34.8 Å². The molecule has 25 nitrogen and oxygen atoms in total. The summed E-state index contributed by atoms with van der Waals surface area (Å²) in [6.07, 6.45) is 0. The van der Waals surface area contributed by atoms with Crippen molar-refractivity contribution in [2.75, 3.05) is 24.7 Å². The highest BCUT2D eigenvalue weighted by molar-refractivity contribution is 7.91. The molecule has 0 amide bonds. The highest BCUT2D eigenvalue weighted by Gasteiger charge is 2.26. The molecule has 0 unspecified atom stereocenters. The highest BCUT2D eigenvalue weighted by Crippen LogP contribution is 2.40. The second kappa shape index (κ2) is 18.5. The van der Waals surface area contributed by atoms with Crippen molar-refractivity contribution in [2.24, 2.45) is 20.5 Å². The summed E-state index contributed by atoms with van der Waals surface area (Å²) in [7, 11) is -23.0. The lowest BCUT2D eigenvalue weighted by Crippen LogP contribution is -2.15. The zero-order valence-electron chi connectivity index (χ0n) is 33.7. The van der Waals surface area contributed by atoms with Gasteiger partial charge in [0.05, 0.1) is 68.6 Å². The first-order valence-corrected chi connectivity index (χ1v) is 25.8. The molecule has 0 atom stereocenters. The van der Waals surface area contributed by atoms with E-state index in [1.54, 1.807) is 0 Å². The Morgan fingerprint density at radius 3 is 1.27 bits per heavy atom. The summed E-state index contributed by atoms with van der Waals surface area (Å²) < 4.78 is 157. The van der Waals surface area contributed by atoms with Crippen molar-refractivity contribution in [3.63, 3.8) is 0 Å². The third-order valence-corrected chi connectivity index (χ3v) is 14.8. The first-order chi connectivity index (χ1) is 30.7. The fraction of sp³-hybridized carbons (Fsp3) is 0.167. The van der Waals surface area contributed by atoms with E-state index in [4.69, 9.17) is 9.66 Å². The molecule has 0 radical (unpaired) electrons. The highest BCUT2D eigenvalue weighted by atomic mass is 32.3. The maximum atomic E-state index is 12.7. The van der Waals surface area contributed by atoms with Crippen molar-refractivity contribution in [1.82, 2.24) is 19.6 Å². The molecule has 0 saturated heterocycles. The molecule has 66 heavy (non-hydrogen) atoms. The molecular weight excluding hydrogens is 977 g/mol. The SMILES string of the molecule is Cc1nn(-c2ccc(S(=O)(=O)CCO)cc2)c(O)c1N=Nc1ccc(-c2ccc(N=Nc3c(C)nn(-c4ccc(S(=O)(=O)CCOS(=O)(=O)O)cc4)c3O)cc2S(=O)(=O)O)c(S(=O)(=O)O)c1. The second-order valence-electron chi connectivity index (χ2n) is 13.6. The van der Waals surface area contributed by atoms with Gasteiger partial charge in [0.15, 0.2) is 31.0 Å². The summed E-state index contributed by atoms with van der Waals surface area (Å²) in [5, 5.41) is 55.0. The zero-order chi connectivity index (χ0) is 48.6. The Kier molecular flexibility index (Phi) is 13.8. The van der Waals surface area contributed by atoms with Gasteiger partial charge < -0.3 is 15.3 Å². The Hall–Kier alpha value is -6.35. The molecule has 0 bridgehead atoms. The lowest BCUT2D eigenvalue weighted by molar-refractivity contribution is 0.284. The van der Waals surface area contributed by atoms with Gasteiger partial charge in [-0.2, -0.15) is 55.0 Å². The summed E-state index contributed by atoms with van der Waals surface area (Å²) in [4.78, 5) is -2.10. The molecule has 0 saturated carbocycles. The first kappa shape index (κ1) is 49.1. The number of hydrogen-bond acceptors (Lipinski definition) is 20. The van der Waals surface area contributed by atoms with E-state index in [0.717, 1.165) is 51.8 Å². The number of sulfone groups is 2. The smallest absolute Gasteiger partial charge is 0.397 e. The molecule has 6 N–H and O–H groups in total. The fourth-order valence-corrected chi connectivity index (χ4v) is 10.0. The van der Waals surface area contributed by atoms with Crippen LogP contribution in [-0.2, 0) is 54.5 Å². The lowest BCUT2D eigenvalue weighted by Gasteiger charge is -2.12. The number of aromatic hydroxyl groups is 2. The summed E-state index contributed by atoms with van der Waals surface area (Å²) in [6, 6.07) is 16.1. The van der Waals surface area contributed by atoms with Crippen LogP contribution in [0, 0.1) is 13.8 Å². The van der Waals surface area contributed by atoms with Gasteiger partial charge in [0.1, 0.15) is 9.79 Å². The Morgan fingerprint density at radius 2 is 0.924 bits per heavy atom. The van der Waals surface area contributed by atoms with Crippen LogP contribution in [0.2, 0.25) is 0 Å². The van der Waals surface area contributed by atoms with E-state index < -0.39 is 108 Å². The molecule has 6 rings (SSSR count). The van der Waals surface area contributed by atoms with Gasteiger partial charge >= 0.3 is 10.4 Å². The van der Waals surface area contributed by atoms with Crippen LogP contribution in [0.25, 0.3) is 22.5 Å². The third kappa shape index (κ3) is 11.0. The molecule has 6 aromatic rings. The van der Waals surface area contributed by atoms with Gasteiger partial charge in [0.25, 0.3) is 20.2 Å². The van der Waals surface area contributed by atoms with Crippen molar-refractivity contribution in [3.05, 3.63) is 96.3 Å². The second-order valence-corrected chi connectivity index (χ2v) is 21.7. The number of aliphatic hydroxyl groups excluding tert-OH is 1. The van der Waals surface area contributed by atoms with Crippen LogP contribution in [0.1, 0.15) is 11.4 Å². The summed E-state index contributed by atoms with van der Waals surface area (Å²) >= 11 is 0. The minimum Gasteiger partial charge on any atom is -0.492 e. The molecule has 4 aromatic carbocycles. The number of benzene rings is 4. The van der Waals surface area contributed by atoms with Crippen LogP contribution >= 0.6 is 0 Å². The van der Waals surface area contributed by atoms with E-state index in [9.17, 15) is 61.4 Å². The fourth-order valence-electron chi connectivity index (χ4n) is 6.04. The maximum absolute atomic E-state index is 12.7. The average Bonchev–Trinajstić information content (AvgIpc) is 3.68. The number of aliphatic hydroxyl groups is 1. The number of hydrogen-bond donors (Lipinski definition) is 6. The topological polar surface area (TPSA) is 386 Å². The van der Waals surface area contributed by atoms with Gasteiger partial charge in [-0.15, -0.1) is 10.2 Å². The largest absolute Gasteiger partial charge is 0.492 e. The first-order valence-electron chi connectivity index (χ1n) is 18.2. The molecule has 0 aliphatic carbocycles. The number of rotatable bonds is 17. The monoisotopic (exact) mass is 1010 g/mol. The van der Waals surface area contributed by atoms with E-state index >= 15 is 0 Å². The summed E-state index contributed by atoms with van der Waals surface area (Å²) in [5.74, 6) is -2.44. The van der Waals surface area contributed by atoms with E-state index in [-0.39, 0.29) is 55.3 Å². The van der Waals surface area contributed by atoms with Crippen molar-refractivity contribution < 1.29 is 75.2 Å². The van der Waals surface area contributed by atoms with Crippen LogP contribution in [0.15, 0.2) is 125 Å². The molecule has 0 fully saturated rings. The van der Waals surface area contributed by atoms with Crippen molar-refractivity contribution in [3.8, 4) is 34.3 Å². The summed E-state index contributed by atoms with van der Waals surface area (Å²) in [5.41, 5.74) is -1.20. The van der Waals surface area contributed by atoms with Crippen LogP contribution in [0.4, 0.5) is 22.7 Å². The maximum Gasteiger partial charge on any atom is 0.397 e. The predicted octanol–water partition coefficient (Wildman–Crippen LogP) is 4.44. The molecular formula is C36H34N8O17S5. The summed E-state index contributed by atoms with van der Waals surface area (Å²) in [6.45, 7) is 1.44. The normalized spacial score (nSPS) is 13.0. The van der Waals surface area contributed by atoms with Gasteiger partial charge in [-0.25, -0.2) is 21.0 Å². The quantitative estimate of drug-likeness (QED) is 0.0543. The molecule has 0 aliphatic heterocycles. The van der Waals surface area contributed by atoms with Gasteiger partial charge in [-0.3, -0.25) is 13.7 Å². The molecule has 2 aromatic heterocycles. The van der Waals surface area contributed by atoms with Crippen LogP contribution < -0.4 is 0 Å². The van der Waals surface area contributed by atoms with Gasteiger partial charge in [0, 0.05) is 11.1 Å². The van der Waals surface area contributed by atoms with Crippen LogP contribution in [0.5, 0.6) is 11.8 Å². The number of aryl methyl sites for hydroxylation is 2. The van der Waals surface area contributed by atoms with E-state index in [1.807, 2.05) is 0 Å². The number of azo groups is 2. The molecule has 0 spiro atoms. The standard InChI is InChI=1S/C36H34N8O17S5/c1-21-33(35(46)43(41-21)25-5-9-27(10-6-25)62(48,49)17-15-45)39-37-23-3-13-29(31(19-23)64(52,53)54)30-14-4-24(20-32(30)65(55,56)57)38-40-34-22(2)42-44(36(34)47)26-7-11-28(12-8-26)63(50,51)18-16-61-66(58,59)60/h3-14,19-20,45-47H,15-18H2,1-2H3,(H,52,53,54)(H,55,56,57)(H,58,59,60). The molecule has 0 aliphatic rings. The van der Waals surface area contributed by atoms with Gasteiger partial charge in [-0.1, -0.05) is 12.1 Å². The van der Waals surface area contributed by atoms with Crippen LogP contribution in [-0.4, -0.2) is 115 Å². The number of nitrogens with zero attached hydrogens (tertiary/aromatic N) is 8. The van der Waals surface area contributed by atoms with Crippen LogP contribution in [0.3, 0.4) is 0 Å². The van der Waals surface area contributed by atoms with Crippen molar-refractivity contribution in [1.29, 1.82) is 0 Å². The Labute approximate surface area is 375 Å². The van der Waals surface area contributed by atoms with E-state index in [1.165, 1.54) is 56.3 Å². The van der Waals surface area contributed by atoms with Gasteiger partial charge in [-0.05, 0) is 86.6 Å². The Balaban J connectivity index is 1.27. The van der Waals surface area contributed by atoms with Crippen molar-refractivity contribution >= 4 is 73.1 Å². The third-order valence-electron chi connectivity index (χ3n) is 9.14. The van der Waals surface area contributed by atoms with E-state index in [0.29, 0.717) is 0 Å². The molecule has 350 valence electrons. The lowest BCUT2D eigenvalue weighted by atomic mass is 10.0. The minimum absolute atomic E-state index is 0.0799. The predicted molar refractivity (Wildman–Crippen MR) is 228 cm³/mol. The minimum atomic E-state index is -5.17. The number of aromatic nitrogens is 4. The van der Waals surface area contributed by atoms with Crippen molar-refractivity contribution in [2.45, 2.75) is 33.4 Å². The average molecular weight is 1010 g/mol.